The highest BCUT2D eigenvalue weighted by atomic mass is 32.2. The van der Waals surface area contributed by atoms with Crippen LogP contribution in [0.4, 0.5) is 5.82 Å². The third-order valence-corrected chi connectivity index (χ3v) is 4.24. The van der Waals surface area contributed by atoms with E-state index in [2.05, 4.69) is 4.98 Å². The monoisotopic (exact) mass is 258 g/mol. The number of nitrogens with two attached hydrogens (primary N) is 1. The van der Waals surface area contributed by atoms with E-state index in [-0.39, 0.29) is 29.8 Å². The van der Waals surface area contributed by atoms with Gasteiger partial charge in [-0.05, 0) is 16.0 Å². The first-order valence-corrected chi connectivity index (χ1v) is 6.21. The van der Waals surface area contributed by atoms with E-state index < -0.39 is 14.9 Å². The fourth-order valence-electron chi connectivity index (χ4n) is 1.45. The predicted molar refractivity (Wildman–Crippen MR) is 57.6 cm³/mol. The maximum absolute atomic E-state index is 11.9. The molecule has 2 N–H and O–H groups in total. The molecule has 8 nitrogen and oxygen atoms in total. The van der Waals surface area contributed by atoms with Gasteiger partial charge < -0.3 is 15.8 Å². The van der Waals surface area contributed by atoms with Gasteiger partial charge in [0.1, 0.15) is 4.90 Å². The first kappa shape index (κ1) is 11.9. The SMILES string of the molecule is NC1CN(S(=O)(=O)c2ccc([N+](=O)[O-])nc2)C1. The first-order chi connectivity index (χ1) is 7.91. The quantitative estimate of drug-likeness (QED) is 0.566. The lowest BCUT2D eigenvalue weighted by Crippen LogP contribution is -2.57. The predicted octanol–water partition coefficient (Wildman–Crippen LogP) is -0.679. The van der Waals surface area contributed by atoms with Crippen molar-refractivity contribution >= 4 is 15.8 Å². The van der Waals surface area contributed by atoms with Gasteiger partial charge in [0.05, 0.1) is 0 Å². The molecule has 1 aromatic heterocycles. The number of nitrogens with zero attached hydrogens (tertiary/aromatic N) is 3. The largest absolute Gasteiger partial charge is 0.363 e. The second-order valence-electron chi connectivity index (χ2n) is 3.69. The molecule has 17 heavy (non-hydrogen) atoms. The number of rotatable bonds is 3. The molecule has 0 saturated carbocycles. The minimum atomic E-state index is -3.61. The van der Waals surface area contributed by atoms with Gasteiger partial charge in [-0.25, -0.2) is 8.42 Å². The van der Waals surface area contributed by atoms with E-state index in [0.29, 0.717) is 0 Å². The zero-order chi connectivity index (χ0) is 12.6. The maximum atomic E-state index is 11.9. The molecule has 0 unspecified atom stereocenters. The fraction of sp³-hybridized carbons (Fsp3) is 0.375. The maximum Gasteiger partial charge on any atom is 0.363 e. The van der Waals surface area contributed by atoms with Crippen LogP contribution >= 0.6 is 0 Å². The van der Waals surface area contributed by atoms with Crippen molar-refractivity contribution in [1.29, 1.82) is 0 Å². The van der Waals surface area contributed by atoms with Crippen molar-refractivity contribution in [2.75, 3.05) is 13.1 Å². The van der Waals surface area contributed by atoms with Crippen LogP contribution in [-0.2, 0) is 10.0 Å². The average Bonchev–Trinajstić information content (AvgIpc) is 2.25. The van der Waals surface area contributed by atoms with Crippen molar-refractivity contribution in [2.24, 2.45) is 5.73 Å². The highest BCUT2D eigenvalue weighted by molar-refractivity contribution is 7.89. The van der Waals surface area contributed by atoms with Crippen LogP contribution in [0.1, 0.15) is 0 Å². The fourth-order valence-corrected chi connectivity index (χ4v) is 2.95. The third kappa shape index (κ3) is 2.12. The van der Waals surface area contributed by atoms with E-state index >= 15 is 0 Å². The zero-order valence-electron chi connectivity index (χ0n) is 8.68. The molecule has 1 fully saturated rings. The molecule has 0 atom stereocenters. The summed E-state index contributed by atoms with van der Waals surface area (Å²) < 4.78 is 25.0. The lowest BCUT2D eigenvalue weighted by Gasteiger charge is -2.35. The molecule has 0 radical (unpaired) electrons. The molecule has 9 heteroatoms. The van der Waals surface area contributed by atoms with E-state index in [1.165, 1.54) is 10.4 Å². The van der Waals surface area contributed by atoms with Gasteiger partial charge >= 0.3 is 5.82 Å². The summed E-state index contributed by atoms with van der Waals surface area (Å²) in [4.78, 5) is 13.1. The Balaban J connectivity index is 2.25. The Kier molecular flexibility index (Phi) is 2.81. The molecular formula is C8H10N4O4S. The summed E-state index contributed by atoms with van der Waals surface area (Å²) >= 11 is 0. The van der Waals surface area contributed by atoms with Gasteiger partial charge in [-0.3, -0.25) is 0 Å². The Morgan fingerprint density at radius 1 is 1.47 bits per heavy atom. The lowest BCUT2D eigenvalue weighted by atomic mass is 10.2. The summed E-state index contributed by atoms with van der Waals surface area (Å²) in [6, 6.07) is 2.09. The molecule has 0 aromatic carbocycles. The molecule has 1 aliphatic heterocycles. The standard InChI is InChI=1S/C8H10N4O4S/c9-6-4-11(5-6)17(15,16)7-1-2-8(10-3-7)12(13)14/h1-3,6H,4-5,9H2. The van der Waals surface area contributed by atoms with Gasteiger partial charge in [-0.1, -0.05) is 0 Å². The van der Waals surface area contributed by atoms with Gasteiger partial charge in [0.2, 0.25) is 10.0 Å². The normalized spacial score (nSPS) is 17.7. The van der Waals surface area contributed by atoms with Crippen molar-refractivity contribution < 1.29 is 13.3 Å². The van der Waals surface area contributed by atoms with Crippen LogP contribution < -0.4 is 5.73 Å². The Bertz CT molecular complexity index is 535. The van der Waals surface area contributed by atoms with Crippen LogP contribution in [0.2, 0.25) is 0 Å². The summed E-state index contributed by atoms with van der Waals surface area (Å²) in [5.41, 5.74) is 5.50. The van der Waals surface area contributed by atoms with Crippen LogP contribution in [0.5, 0.6) is 0 Å². The van der Waals surface area contributed by atoms with Gasteiger partial charge in [0.15, 0.2) is 6.20 Å². The molecule has 1 aliphatic rings. The van der Waals surface area contributed by atoms with Crippen LogP contribution in [0.3, 0.4) is 0 Å². The molecule has 1 saturated heterocycles. The summed E-state index contributed by atoms with van der Waals surface area (Å²) in [6.45, 7) is 0.526. The molecule has 2 heterocycles. The van der Waals surface area contributed by atoms with Crippen LogP contribution in [0.15, 0.2) is 23.2 Å². The van der Waals surface area contributed by atoms with E-state index in [1.807, 2.05) is 0 Å². The molecule has 0 bridgehead atoms. The summed E-state index contributed by atoms with van der Waals surface area (Å²) in [7, 11) is -3.61. The topological polar surface area (TPSA) is 119 Å². The highest BCUT2D eigenvalue weighted by Gasteiger charge is 2.35. The highest BCUT2D eigenvalue weighted by Crippen LogP contribution is 2.21. The first-order valence-electron chi connectivity index (χ1n) is 4.77. The van der Waals surface area contributed by atoms with Crippen molar-refractivity contribution in [2.45, 2.75) is 10.9 Å². The van der Waals surface area contributed by atoms with Gasteiger partial charge in [-0.15, -0.1) is 0 Å². The minimum Gasteiger partial charge on any atom is -0.358 e. The Labute approximate surface area is 97.3 Å². The van der Waals surface area contributed by atoms with Crippen molar-refractivity contribution in [3.05, 3.63) is 28.4 Å². The Hall–Kier alpha value is -1.58. The van der Waals surface area contributed by atoms with E-state index in [1.54, 1.807) is 0 Å². The molecule has 0 amide bonds. The van der Waals surface area contributed by atoms with Crippen molar-refractivity contribution in [3.63, 3.8) is 0 Å². The van der Waals surface area contributed by atoms with Crippen molar-refractivity contribution in [3.8, 4) is 0 Å². The lowest BCUT2D eigenvalue weighted by molar-refractivity contribution is -0.389. The van der Waals surface area contributed by atoms with Gasteiger partial charge in [0.25, 0.3) is 0 Å². The number of hydrogen-bond acceptors (Lipinski definition) is 6. The number of nitro groups is 1. The van der Waals surface area contributed by atoms with E-state index in [0.717, 1.165) is 12.3 Å². The smallest absolute Gasteiger partial charge is 0.358 e. The van der Waals surface area contributed by atoms with Crippen LogP contribution in [0, 0.1) is 10.1 Å². The average molecular weight is 258 g/mol. The second kappa shape index (κ2) is 4.02. The van der Waals surface area contributed by atoms with E-state index in [4.69, 9.17) is 5.73 Å². The molecule has 0 aliphatic carbocycles. The zero-order valence-corrected chi connectivity index (χ0v) is 9.50. The molecule has 2 rings (SSSR count). The van der Waals surface area contributed by atoms with Crippen LogP contribution in [0.25, 0.3) is 0 Å². The van der Waals surface area contributed by atoms with Gasteiger partial charge in [-0.2, -0.15) is 4.31 Å². The van der Waals surface area contributed by atoms with Crippen molar-refractivity contribution in [1.82, 2.24) is 9.29 Å². The third-order valence-electron chi connectivity index (χ3n) is 2.42. The van der Waals surface area contributed by atoms with E-state index in [9.17, 15) is 18.5 Å². The minimum absolute atomic E-state index is 0.0602. The number of sulfonamides is 1. The Morgan fingerprint density at radius 2 is 2.12 bits per heavy atom. The molecule has 0 spiro atoms. The van der Waals surface area contributed by atoms with Crippen LogP contribution in [-0.4, -0.2) is 41.8 Å². The molecular weight excluding hydrogens is 248 g/mol. The summed E-state index contributed by atoms with van der Waals surface area (Å²) in [5.74, 6) is -0.385. The summed E-state index contributed by atoms with van der Waals surface area (Å²) in [5, 5.41) is 10.4. The molecule has 92 valence electrons. The Morgan fingerprint density at radius 3 is 2.53 bits per heavy atom. The molecule has 1 aromatic rings. The number of hydrogen-bond donors (Lipinski definition) is 1. The van der Waals surface area contributed by atoms with Gasteiger partial charge in [0, 0.05) is 25.2 Å². The second-order valence-corrected chi connectivity index (χ2v) is 5.63. The summed E-state index contributed by atoms with van der Waals surface area (Å²) in [6.07, 6.45) is 0.983. The number of pyridine rings is 1. The number of aromatic nitrogens is 1.